The van der Waals surface area contributed by atoms with E-state index in [-0.39, 0.29) is 25.2 Å². The average molecular weight is 222 g/mol. The van der Waals surface area contributed by atoms with Crippen molar-refractivity contribution >= 4 is 5.91 Å². The molecule has 0 radical (unpaired) electrons. The summed E-state index contributed by atoms with van der Waals surface area (Å²) in [6.45, 7) is 0.871. The van der Waals surface area contributed by atoms with E-state index in [1.54, 1.807) is 11.1 Å². The topological polar surface area (TPSA) is 62.7 Å². The molecule has 0 saturated carbocycles. The van der Waals surface area contributed by atoms with Crippen LogP contribution in [0.1, 0.15) is 5.69 Å². The molecule has 1 aromatic rings. The minimum atomic E-state index is -0.276. The second-order valence-corrected chi connectivity index (χ2v) is 3.71. The van der Waals surface area contributed by atoms with Crippen LogP contribution in [-0.4, -0.2) is 46.8 Å². The molecule has 0 spiro atoms. The third-order valence-electron chi connectivity index (χ3n) is 2.50. The molecule has 1 unspecified atom stereocenters. The molecule has 86 valence electrons. The van der Waals surface area contributed by atoms with E-state index >= 15 is 0 Å². The zero-order chi connectivity index (χ0) is 11.4. The van der Waals surface area contributed by atoms with Crippen molar-refractivity contribution in [2.75, 3.05) is 19.8 Å². The summed E-state index contributed by atoms with van der Waals surface area (Å²) >= 11 is 0. The fourth-order valence-corrected chi connectivity index (χ4v) is 1.63. The number of hydrogen-bond acceptors (Lipinski definition) is 4. The van der Waals surface area contributed by atoms with Crippen LogP contribution in [-0.2, 0) is 16.1 Å². The monoisotopic (exact) mass is 222 g/mol. The summed E-state index contributed by atoms with van der Waals surface area (Å²) in [5.74, 6) is -0.0599. The molecule has 16 heavy (non-hydrogen) atoms. The zero-order valence-corrected chi connectivity index (χ0v) is 8.87. The number of aliphatic hydroxyl groups is 1. The Kier molecular flexibility index (Phi) is 3.48. The first-order valence-electron chi connectivity index (χ1n) is 5.19. The molecule has 5 heteroatoms. The lowest BCUT2D eigenvalue weighted by atomic mass is 10.2. The maximum absolute atomic E-state index is 11.6. The van der Waals surface area contributed by atoms with E-state index in [1.807, 2.05) is 18.2 Å². The standard InChI is InChI=1S/C11H14N2O3/c14-7-10-6-13(11(15)8-16-10)5-9-3-1-2-4-12-9/h1-4,10,14H,5-8H2. The van der Waals surface area contributed by atoms with Gasteiger partial charge in [-0.15, -0.1) is 0 Å². The van der Waals surface area contributed by atoms with Crippen LogP contribution in [0.25, 0.3) is 0 Å². The molecule has 1 aliphatic rings. The molecule has 1 fully saturated rings. The van der Waals surface area contributed by atoms with Gasteiger partial charge in [0.05, 0.1) is 24.9 Å². The Morgan fingerprint density at radius 2 is 2.44 bits per heavy atom. The van der Waals surface area contributed by atoms with Crippen LogP contribution in [0.15, 0.2) is 24.4 Å². The number of hydrogen-bond donors (Lipinski definition) is 1. The summed E-state index contributed by atoms with van der Waals surface area (Å²) in [4.78, 5) is 17.4. The van der Waals surface area contributed by atoms with Gasteiger partial charge >= 0.3 is 0 Å². The van der Waals surface area contributed by atoms with Crippen molar-refractivity contribution in [2.24, 2.45) is 0 Å². The second kappa shape index (κ2) is 5.05. The molecule has 1 atom stereocenters. The Balaban J connectivity index is 2.00. The first kappa shape index (κ1) is 11.0. The van der Waals surface area contributed by atoms with E-state index in [1.165, 1.54) is 0 Å². The second-order valence-electron chi connectivity index (χ2n) is 3.71. The first-order valence-corrected chi connectivity index (χ1v) is 5.19. The van der Waals surface area contributed by atoms with E-state index in [0.29, 0.717) is 13.1 Å². The van der Waals surface area contributed by atoms with Crippen LogP contribution in [0.5, 0.6) is 0 Å². The smallest absolute Gasteiger partial charge is 0.249 e. The van der Waals surface area contributed by atoms with Crippen LogP contribution in [0, 0.1) is 0 Å². The Morgan fingerprint density at radius 1 is 1.56 bits per heavy atom. The SMILES string of the molecule is O=C1COC(CO)CN1Cc1ccccn1. The highest BCUT2D eigenvalue weighted by Crippen LogP contribution is 2.09. The first-order chi connectivity index (χ1) is 7.79. The molecular formula is C11H14N2O3. The highest BCUT2D eigenvalue weighted by Gasteiger charge is 2.25. The molecule has 1 N–H and O–H groups in total. The zero-order valence-electron chi connectivity index (χ0n) is 8.87. The van der Waals surface area contributed by atoms with Crippen molar-refractivity contribution in [3.8, 4) is 0 Å². The number of ether oxygens (including phenoxy) is 1. The van der Waals surface area contributed by atoms with E-state index < -0.39 is 0 Å². The largest absolute Gasteiger partial charge is 0.394 e. The molecule has 0 aromatic carbocycles. The van der Waals surface area contributed by atoms with Crippen molar-refractivity contribution in [3.05, 3.63) is 30.1 Å². The fourth-order valence-electron chi connectivity index (χ4n) is 1.63. The number of amides is 1. The Hall–Kier alpha value is -1.46. The predicted molar refractivity (Wildman–Crippen MR) is 56.5 cm³/mol. The summed E-state index contributed by atoms with van der Waals surface area (Å²) in [7, 11) is 0. The number of rotatable bonds is 3. The van der Waals surface area contributed by atoms with Crippen LogP contribution < -0.4 is 0 Å². The molecule has 1 amide bonds. The van der Waals surface area contributed by atoms with Crippen LogP contribution in [0.3, 0.4) is 0 Å². The predicted octanol–water partition coefficient (Wildman–Crippen LogP) is -0.199. The summed E-state index contributed by atoms with van der Waals surface area (Å²) < 4.78 is 5.15. The summed E-state index contributed by atoms with van der Waals surface area (Å²) in [5, 5.41) is 8.98. The fraction of sp³-hybridized carbons (Fsp3) is 0.455. The van der Waals surface area contributed by atoms with Gasteiger partial charge in [-0.1, -0.05) is 6.07 Å². The van der Waals surface area contributed by atoms with Crippen molar-refractivity contribution in [2.45, 2.75) is 12.6 Å². The summed E-state index contributed by atoms with van der Waals surface area (Å²) in [6.07, 6.45) is 1.42. The Bertz CT molecular complexity index is 356. The summed E-state index contributed by atoms with van der Waals surface area (Å²) in [5.41, 5.74) is 0.842. The quantitative estimate of drug-likeness (QED) is 0.769. The van der Waals surface area contributed by atoms with E-state index in [9.17, 15) is 4.79 Å². The van der Waals surface area contributed by atoms with Gasteiger partial charge in [0.15, 0.2) is 0 Å². The minimum Gasteiger partial charge on any atom is -0.394 e. The normalized spacial score (nSPS) is 21.2. The number of nitrogens with zero attached hydrogens (tertiary/aromatic N) is 2. The molecular weight excluding hydrogens is 208 g/mol. The third kappa shape index (κ3) is 2.56. The van der Waals surface area contributed by atoms with Gasteiger partial charge in [0.2, 0.25) is 5.91 Å². The van der Waals surface area contributed by atoms with E-state index in [0.717, 1.165) is 5.69 Å². The number of morpholine rings is 1. The highest BCUT2D eigenvalue weighted by atomic mass is 16.5. The lowest BCUT2D eigenvalue weighted by molar-refractivity contribution is -0.151. The van der Waals surface area contributed by atoms with Gasteiger partial charge in [-0.25, -0.2) is 0 Å². The lowest BCUT2D eigenvalue weighted by Gasteiger charge is -2.31. The molecule has 0 aliphatic carbocycles. The number of carbonyl (C=O) groups is 1. The number of pyridine rings is 1. The summed E-state index contributed by atoms with van der Waals surface area (Å²) in [6, 6.07) is 5.59. The van der Waals surface area contributed by atoms with E-state index in [2.05, 4.69) is 4.98 Å². The van der Waals surface area contributed by atoms with Gasteiger partial charge < -0.3 is 14.7 Å². The Labute approximate surface area is 93.7 Å². The van der Waals surface area contributed by atoms with Gasteiger partial charge in [-0.05, 0) is 12.1 Å². The molecule has 1 aromatic heterocycles. The highest BCUT2D eigenvalue weighted by molar-refractivity contribution is 5.78. The van der Waals surface area contributed by atoms with Gasteiger partial charge in [-0.2, -0.15) is 0 Å². The maximum Gasteiger partial charge on any atom is 0.249 e. The average Bonchev–Trinajstić information content (AvgIpc) is 2.33. The van der Waals surface area contributed by atoms with Crippen LogP contribution in [0.2, 0.25) is 0 Å². The van der Waals surface area contributed by atoms with Gasteiger partial charge in [-0.3, -0.25) is 9.78 Å². The van der Waals surface area contributed by atoms with Gasteiger partial charge in [0, 0.05) is 12.7 Å². The number of carbonyl (C=O) groups excluding carboxylic acids is 1. The minimum absolute atomic E-state index is 0.0397. The molecule has 0 bridgehead atoms. The molecule has 2 rings (SSSR count). The van der Waals surface area contributed by atoms with Crippen LogP contribution >= 0.6 is 0 Å². The molecule has 1 saturated heterocycles. The van der Waals surface area contributed by atoms with Gasteiger partial charge in [0.25, 0.3) is 0 Å². The molecule has 1 aliphatic heterocycles. The van der Waals surface area contributed by atoms with Crippen molar-refractivity contribution in [1.82, 2.24) is 9.88 Å². The third-order valence-corrected chi connectivity index (χ3v) is 2.50. The van der Waals surface area contributed by atoms with Crippen molar-refractivity contribution in [3.63, 3.8) is 0 Å². The van der Waals surface area contributed by atoms with Crippen molar-refractivity contribution < 1.29 is 14.6 Å². The molecule has 5 nitrogen and oxygen atoms in total. The van der Waals surface area contributed by atoms with Gasteiger partial charge in [0.1, 0.15) is 6.61 Å². The number of aliphatic hydroxyl groups excluding tert-OH is 1. The number of aromatic nitrogens is 1. The Morgan fingerprint density at radius 3 is 3.12 bits per heavy atom. The molecule has 2 heterocycles. The lowest BCUT2D eigenvalue weighted by Crippen LogP contribution is -2.47. The maximum atomic E-state index is 11.6. The van der Waals surface area contributed by atoms with Crippen molar-refractivity contribution in [1.29, 1.82) is 0 Å². The van der Waals surface area contributed by atoms with Crippen LogP contribution in [0.4, 0.5) is 0 Å². The van der Waals surface area contributed by atoms with E-state index in [4.69, 9.17) is 9.84 Å².